The smallest absolute Gasteiger partial charge is 0.286 e. The van der Waals surface area contributed by atoms with Gasteiger partial charge >= 0.3 is 0 Å². The highest BCUT2D eigenvalue weighted by atomic mass is 16.7. The van der Waals surface area contributed by atoms with Gasteiger partial charge < -0.3 is 9.47 Å². The largest absolute Gasteiger partial charge is 0.464 e. The van der Waals surface area contributed by atoms with E-state index < -0.39 is 0 Å². The second kappa shape index (κ2) is 3.67. The van der Waals surface area contributed by atoms with E-state index in [1.165, 1.54) is 0 Å². The van der Waals surface area contributed by atoms with E-state index in [0.29, 0.717) is 0 Å². The zero-order valence-electron chi connectivity index (χ0n) is 8.30. The van der Waals surface area contributed by atoms with Gasteiger partial charge in [0.05, 0.1) is 7.05 Å². The van der Waals surface area contributed by atoms with Crippen LogP contribution in [0.5, 0.6) is 5.75 Å². The van der Waals surface area contributed by atoms with Crippen LogP contribution < -0.4 is 9.30 Å². The lowest BCUT2D eigenvalue weighted by Crippen LogP contribution is -2.25. The minimum atomic E-state index is 0.277. The molecule has 2 rings (SSSR count). The lowest BCUT2D eigenvalue weighted by molar-refractivity contribution is -0.644. The van der Waals surface area contributed by atoms with E-state index in [4.69, 9.17) is 9.47 Å². The number of fused-ring (bicyclic) bond motifs is 1. The number of aryl methyl sites for hydroxylation is 1. The number of hydrogen-bond acceptors (Lipinski definition) is 2. The standard InChI is InChI=1S/C10H13N2O2/c1-11-5-6-12-7-9(14-8-13-2)3-4-10(11)12/h3-7H,8H2,1-2H3/q+1. The Balaban J connectivity index is 2.32. The summed E-state index contributed by atoms with van der Waals surface area (Å²) in [6.45, 7) is 0.277. The van der Waals surface area contributed by atoms with Crippen molar-refractivity contribution in [3.05, 3.63) is 30.7 Å². The molecule has 0 saturated carbocycles. The van der Waals surface area contributed by atoms with E-state index in [9.17, 15) is 0 Å². The Morgan fingerprint density at radius 1 is 1.43 bits per heavy atom. The maximum Gasteiger partial charge on any atom is 0.286 e. The highest BCUT2D eigenvalue weighted by Gasteiger charge is 2.06. The maximum absolute atomic E-state index is 5.32. The maximum atomic E-state index is 5.32. The molecule has 0 spiro atoms. The van der Waals surface area contributed by atoms with Crippen LogP contribution in [0.2, 0.25) is 0 Å². The lowest BCUT2D eigenvalue weighted by Gasteiger charge is -2.01. The van der Waals surface area contributed by atoms with Gasteiger partial charge in [-0.2, -0.15) is 4.40 Å². The van der Waals surface area contributed by atoms with Gasteiger partial charge in [0.25, 0.3) is 5.65 Å². The van der Waals surface area contributed by atoms with Gasteiger partial charge in [0.15, 0.2) is 12.5 Å². The number of ether oxygens (including phenoxy) is 2. The molecular weight excluding hydrogens is 180 g/mol. The van der Waals surface area contributed by atoms with Gasteiger partial charge in [-0.1, -0.05) is 0 Å². The van der Waals surface area contributed by atoms with Gasteiger partial charge in [0, 0.05) is 13.2 Å². The molecule has 4 nitrogen and oxygen atoms in total. The molecule has 0 fully saturated rings. The molecule has 0 aliphatic rings. The number of nitrogens with zero attached hydrogens (tertiary/aromatic N) is 2. The van der Waals surface area contributed by atoms with Gasteiger partial charge in [-0.15, -0.1) is 0 Å². The minimum absolute atomic E-state index is 0.277. The van der Waals surface area contributed by atoms with Crippen molar-refractivity contribution in [2.45, 2.75) is 0 Å². The predicted molar refractivity (Wildman–Crippen MR) is 51.1 cm³/mol. The zero-order chi connectivity index (χ0) is 9.97. The molecule has 4 heteroatoms. The molecule has 2 aromatic heterocycles. The van der Waals surface area contributed by atoms with Crippen molar-refractivity contribution >= 4 is 5.65 Å². The Morgan fingerprint density at radius 2 is 2.29 bits per heavy atom. The molecule has 0 unspecified atom stereocenters. The first-order valence-corrected chi connectivity index (χ1v) is 4.39. The van der Waals surface area contributed by atoms with Crippen LogP contribution in [0.25, 0.3) is 5.65 Å². The highest BCUT2D eigenvalue weighted by Crippen LogP contribution is 2.10. The minimum Gasteiger partial charge on any atom is -0.464 e. The number of rotatable bonds is 3. The molecule has 0 aliphatic carbocycles. The number of pyridine rings is 1. The molecule has 0 bridgehead atoms. The molecule has 0 radical (unpaired) electrons. The molecule has 0 saturated heterocycles. The number of hydrogen-bond donors (Lipinski definition) is 0. The van der Waals surface area contributed by atoms with Crippen molar-refractivity contribution in [2.75, 3.05) is 13.9 Å². The third-order valence-corrected chi connectivity index (χ3v) is 2.08. The average Bonchev–Trinajstić information content (AvgIpc) is 2.57. The van der Waals surface area contributed by atoms with E-state index in [0.717, 1.165) is 11.4 Å². The summed E-state index contributed by atoms with van der Waals surface area (Å²) in [5, 5.41) is 0. The van der Waals surface area contributed by atoms with Crippen LogP contribution in [0.1, 0.15) is 0 Å². The van der Waals surface area contributed by atoms with Gasteiger partial charge in [0.1, 0.15) is 18.6 Å². The fourth-order valence-electron chi connectivity index (χ4n) is 1.37. The Labute approximate surface area is 82.3 Å². The Hall–Kier alpha value is -1.55. The van der Waals surface area contributed by atoms with Gasteiger partial charge in [-0.25, -0.2) is 4.57 Å². The first-order chi connectivity index (χ1) is 6.81. The summed E-state index contributed by atoms with van der Waals surface area (Å²) in [4.78, 5) is 0. The summed E-state index contributed by atoms with van der Waals surface area (Å²) in [7, 11) is 3.61. The summed E-state index contributed by atoms with van der Waals surface area (Å²) in [6, 6.07) is 3.93. The van der Waals surface area contributed by atoms with Gasteiger partial charge in [-0.05, 0) is 6.07 Å². The Morgan fingerprint density at radius 3 is 3.07 bits per heavy atom. The highest BCUT2D eigenvalue weighted by molar-refractivity contribution is 5.36. The van der Waals surface area contributed by atoms with Crippen molar-refractivity contribution in [2.24, 2.45) is 7.05 Å². The molecule has 0 aromatic carbocycles. The first-order valence-electron chi connectivity index (χ1n) is 4.39. The Bertz CT molecular complexity index is 437. The van der Waals surface area contributed by atoms with Crippen molar-refractivity contribution in [3.63, 3.8) is 0 Å². The van der Waals surface area contributed by atoms with Gasteiger partial charge in [0.2, 0.25) is 0 Å². The average molecular weight is 193 g/mol. The third kappa shape index (κ3) is 1.56. The third-order valence-electron chi connectivity index (χ3n) is 2.08. The van der Waals surface area contributed by atoms with Crippen LogP contribution in [-0.4, -0.2) is 18.3 Å². The molecule has 0 amide bonds. The summed E-state index contributed by atoms with van der Waals surface area (Å²) in [5.41, 5.74) is 1.12. The SMILES string of the molecule is COCOc1ccc2n(cc[n+]2C)c1. The quantitative estimate of drug-likeness (QED) is 0.531. The van der Waals surface area contributed by atoms with Crippen molar-refractivity contribution in [3.8, 4) is 5.75 Å². The van der Waals surface area contributed by atoms with Gasteiger partial charge in [-0.3, -0.25) is 0 Å². The van der Waals surface area contributed by atoms with Crippen LogP contribution >= 0.6 is 0 Å². The van der Waals surface area contributed by atoms with E-state index in [2.05, 4.69) is 0 Å². The molecular formula is C10H13N2O2+. The topological polar surface area (TPSA) is 26.8 Å². The van der Waals surface area contributed by atoms with E-state index >= 15 is 0 Å². The zero-order valence-corrected chi connectivity index (χ0v) is 8.30. The van der Waals surface area contributed by atoms with E-state index in [-0.39, 0.29) is 6.79 Å². The van der Waals surface area contributed by atoms with Crippen LogP contribution in [0.4, 0.5) is 0 Å². The second-order valence-corrected chi connectivity index (χ2v) is 3.09. The predicted octanol–water partition coefficient (Wildman–Crippen LogP) is 0.746. The van der Waals surface area contributed by atoms with Crippen molar-refractivity contribution < 1.29 is 14.0 Å². The molecule has 0 aliphatic heterocycles. The normalized spacial score (nSPS) is 10.7. The molecule has 2 heterocycles. The van der Waals surface area contributed by atoms with Crippen LogP contribution in [0.3, 0.4) is 0 Å². The Kier molecular flexibility index (Phi) is 2.37. The molecule has 74 valence electrons. The fraction of sp³-hybridized carbons (Fsp3) is 0.300. The summed E-state index contributed by atoms with van der Waals surface area (Å²) in [6.07, 6.45) is 5.90. The van der Waals surface area contributed by atoms with Crippen molar-refractivity contribution in [1.29, 1.82) is 0 Å². The number of aromatic nitrogens is 2. The van der Waals surface area contributed by atoms with Crippen molar-refractivity contribution in [1.82, 2.24) is 4.40 Å². The van der Waals surface area contributed by atoms with Crippen LogP contribution in [-0.2, 0) is 11.8 Å². The summed E-state index contributed by atoms with van der Waals surface area (Å²) in [5.74, 6) is 0.801. The molecule has 0 atom stereocenters. The van der Waals surface area contributed by atoms with Crippen LogP contribution in [0, 0.1) is 0 Å². The molecule has 14 heavy (non-hydrogen) atoms. The number of imidazole rings is 1. The molecule has 2 aromatic rings. The summed E-state index contributed by atoms with van der Waals surface area (Å²) < 4.78 is 14.2. The van der Waals surface area contributed by atoms with E-state index in [1.807, 2.05) is 46.7 Å². The molecule has 0 N–H and O–H groups in total. The van der Waals surface area contributed by atoms with Crippen LogP contribution in [0.15, 0.2) is 30.7 Å². The number of methoxy groups -OCH3 is 1. The lowest BCUT2D eigenvalue weighted by atomic mass is 10.4. The summed E-state index contributed by atoms with van der Waals surface area (Å²) >= 11 is 0. The second-order valence-electron chi connectivity index (χ2n) is 3.09. The van der Waals surface area contributed by atoms with E-state index in [1.54, 1.807) is 7.11 Å². The monoisotopic (exact) mass is 193 g/mol. The first kappa shape index (κ1) is 9.02. The fourth-order valence-corrected chi connectivity index (χ4v) is 1.37.